The zero-order chi connectivity index (χ0) is 19.2. The van der Waals surface area contributed by atoms with Crippen molar-refractivity contribution in [3.05, 3.63) is 60.2 Å². The highest BCUT2D eigenvalue weighted by Crippen LogP contribution is 2.23. The second-order valence-electron chi connectivity index (χ2n) is 5.96. The highest BCUT2D eigenvalue weighted by molar-refractivity contribution is 7.99. The number of rotatable bonds is 7. The van der Waals surface area contributed by atoms with E-state index < -0.39 is 0 Å². The van der Waals surface area contributed by atoms with Crippen molar-refractivity contribution in [3.8, 4) is 11.4 Å². The molecule has 7 nitrogen and oxygen atoms in total. The molecule has 3 aromatic rings. The summed E-state index contributed by atoms with van der Waals surface area (Å²) in [4.78, 5) is 18.2. The molecule has 0 aliphatic carbocycles. The first kappa shape index (κ1) is 18.9. The maximum Gasteiger partial charge on any atom is 0.233 e. The van der Waals surface area contributed by atoms with Gasteiger partial charge in [-0.25, -0.2) is 0 Å². The Balaban J connectivity index is 1.66. The molecular weight excluding hydrogens is 362 g/mol. The summed E-state index contributed by atoms with van der Waals surface area (Å²) >= 11 is 1.37. The number of thioether (sulfide) groups is 1. The van der Waals surface area contributed by atoms with Gasteiger partial charge in [0.05, 0.1) is 12.9 Å². The number of hydrogen-bond donors (Lipinski definition) is 0. The van der Waals surface area contributed by atoms with Gasteiger partial charge in [-0.3, -0.25) is 14.3 Å². The molecule has 0 N–H and O–H groups in total. The number of amides is 1. The van der Waals surface area contributed by atoms with Crippen LogP contribution in [-0.2, 0) is 11.3 Å². The SMILES string of the molecule is COc1ccc(-n2c(C)nnc2SCC(=O)N(C)Cc2cccnc2)cc1. The normalized spacial score (nSPS) is 10.6. The average Bonchev–Trinajstić information content (AvgIpc) is 3.07. The Morgan fingerprint density at radius 1 is 1.22 bits per heavy atom. The third-order valence-electron chi connectivity index (χ3n) is 4.02. The van der Waals surface area contributed by atoms with Crippen LogP contribution in [0.4, 0.5) is 0 Å². The molecule has 0 spiro atoms. The summed E-state index contributed by atoms with van der Waals surface area (Å²) < 4.78 is 7.13. The molecule has 2 aromatic heterocycles. The molecule has 0 fully saturated rings. The number of nitrogens with zero attached hydrogens (tertiary/aromatic N) is 5. The fraction of sp³-hybridized carbons (Fsp3) is 0.263. The molecule has 0 radical (unpaired) electrons. The van der Waals surface area contributed by atoms with Crippen molar-refractivity contribution in [1.82, 2.24) is 24.6 Å². The molecule has 0 unspecified atom stereocenters. The molecule has 0 aliphatic heterocycles. The van der Waals surface area contributed by atoms with Crippen molar-refractivity contribution in [2.75, 3.05) is 19.9 Å². The first-order chi connectivity index (χ1) is 13.1. The molecule has 27 heavy (non-hydrogen) atoms. The maximum atomic E-state index is 12.5. The Bertz CT molecular complexity index is 896. The van der Waals surface area contributed by atoms with E-state index in [1.165, 1.54) is 11.8 Å². The third-order valence-corrected chi connectivity index (χ3v) is 4.93. The molecule has 3 rings (SSSR count). The minimum atomic E-state index is 0.0192. The number of pyridine rings is 1. The van der Waals surface area contributed by atoms with Gasteiger partial charge in [0.1, 0.15) is 11.6 Å². The summed E-state index contributed by atoms with van der Waals surface area (Å²) in [7, 11) is 3.42. The number of ether oxygens (including phenoxy) is 1. The van der Waals surface area contributed by atoms with Crippen molar-refractivity contribution >= 4 is 17.7 Å². The van der Waals surface area contributed by atoms with E-state index in [4.69, 9.17) is 4.74 Å². The van der Waals surface area contributed by atoms with Crippen LogP contribution in [0.1, 0.15) is 11.4 Å². The number of aryl methyl sites for hydroxylation is 1. The highest BCUT2D eigenvalue weighted by atomic mass is 32.2. The minimum absolute atomic E-state index is 0.0192. The Kier molecular flexibility index (Phi) is 6.08. The zero-order valence-electron chi connectivity index (χ0n) is 15.5. The van der Waals surface area contributed by atoms with Gasteiger partial charge in [0, 0.05) is 31.7 Å². The van der Waals surface area contributed by atoms with Crippen molar-refractivity contribution in [1.29, 1.82) is 0 Å². The zero-order valence-corrected chi connectivity index (χ0v) is 16.3. The Hall–Kier alpha value is -2.87. The van der Waals surface area contributed by atoms with Crippen LogP contribution in [0, 0.1) is 6.92 Å². The largest absolute Gasteiger partial charge is 0.497 e. The second-order valence-corrected chi connectivity index (χ2v) is 6.91. The van der Waals surface area contributed by atoms with Crippen LogP contribution in [0.2, 0.25) is 0 Å². The van der Waals surface area contributed by atoms with Gasteiger partial charge in [-0.2, -0.15) is 0 Å². The molecule has 2 heterocycles. The van der Waals surface area contributed by atoms with Crippen molar-refractivity contribution in [2.24, 2.45) is 0 Å². The minimum Gasteiger partial charge on any atom is -0.497 e. The van der Waals surface area contributed by atoms with Gasteiger partial charge >= 0.3 is 0 Å². The van der Waals surface area contributed by atoms with Crippen LogP contribution in [0.3, 0.4) is 0 Å². The maximum absolute atomic E-state index is 12.5. The van der Waals surface area contributed by atoms with Crippen LogP contribution in [-0.4, -0.2) is 50.5 Å². The molecule has 0 aliphatic rings. The van der Waals surface area contributed by atoms with Gasteiger partial charge in [-0.1, -0.05) is 17.8 Å². The van der Waals surface area contributed by atoms with E-state index in [0.717, 1.165) is 22.8 Å². The molecular formula is C19H21N5O2S. The molecule has 8 heteroatoms. The van der Waals surface area contributed by atoms with E-state index in [2.05, 4.69) is 15.2 Å². The number of carbonyl (C=O) groups excluding carboxylic acids is 1. The molecule has 0 bridgehead atoms. The number of hydrogen-bond acceptors (Lipinski definition) is 6. The summed E-state index contributed by atoms with van der Waals surface area (Å²) in [5, 5.41) is 9.05. The van der Waals surface area contributed by atoms with Crippen LogP contribution in [0.5, 0.6) is 5.75 Å². The lowest BCUT2D eigenvalue weighted by Crippen LogP contribution is -2.27. The van der Waals surface area contributed by atoms with E-state index in [9.17, 15) is 4.79 Å². The van der Waals surface area contributed by atoms with Crippen LogP contribution in [0.15, 0.2) is 53.9 Å². The third kappa shape index (κ3) is 4.65. The van der Waals surface area contributed by atoms with Crippen LogP contribution < -0.4 is 4.74 Å². The molecule has 0 saturated carbocycles. The summed E-state index contributed by atoms with van der Waals surface area (Å²) in [6, 6.07) is 11.5. The standard InChI is InChI=1S/C19H21N5O2S/c1-14-21-22-19(24(14)16-6-8-17(26-3)9-7-16)27-13-18(25)23(2)12-15-5-4-10-20-11-15/h4-11H,12-13H2,1-3H3. The number of methoxy groups -OCH3 is 1. The van der Waals surface area contributed by atoms with Crippen LogP contribution in [0.25, 0.3) is 5.69 Å². The van der Waals surface area contributed by atoms with Crippen molar-refractivity contribution < 1.29 is 9.53 Å². The lowest BCUT2D eigenvalue weighted by atomic mass is 10.3. The van der Waals surface area contributed by atoms with E-state index >= 15 is 0 Å². The smallest absolute Gasteiger partial charge is 0.233 e. The van der Waals surface area contributed by atoms with Gasteiger partial charge in [0.15, 0.2) is 5.16 Å². The summed E-state index contributed by atoms with van der Waals surface area (Å²) in [5.41, 5.74) is 1.92. The summed E-state index contributed by atoms with van der Waals surface area (Å²) in [5.74, 6) is 1.85. The Morgan fingerprint density at radius 3 is 2.67 bits per heavy atom. The highest BCUT2D eigenvalue weighted by Gasteiger charge is 2.15. The average molecular weight is 383 g/mol. The quantitative estimate of drug-likeness (QED) is 0.584. The van der Waals surface area contributed by atoms with Crippen molar-refractivity contribution in [2.45, 2.75) is 18.6 Å². The van der Waals surface area contributed by atoms with E-state index in [-0.39, 0.29) is 11.7 Å². The second kappa shape index (κ2) is 8.68. The number of aromatic nitrogens is 4. The molecule has 1 aromatic carbocycles. The van der Waals surface area contributed by atoms with E-state index in [1.54, 1.807) is 31.5 Å². The number of benzene rings is 1. The predicted molar refractivity (Wildman–Crippen MR) is 104 cm³/mol. The topological polar surface area (TPSA) is 73.1 Å². The summed E-state index contributed by atoms with van der Waals surface area (Å²) in [6.45, 7) is 2.41. The summed E-state index contributed by atoms with van der Waals surface area (Å²) in [6.07, 6.45) is 3.48. The predicted octanol–water partition coefficient (Wildman–Crippen LogP) is 2.73. The van der Waals surface area contributed by atoms with Gasteiger partial charge in [-0.05, 0) is 42.8 Å². The van der Waals surface area contributed by atoms with Crippen molar-refractivity contribution in [3.63, 3.8) is 0 Å². The molecule has 0 saturated heterocycles. The monoisotopic (exact) mass is 383 g/mol. The fourth-order valence-corrected chi connectivity index (χ4v) is 3.49. The van der Waals surface area contributed by atoms with E-state index in [1.807, 2.05) is 47.9 Å². The van der Waals surface area contributed by atoms with Gasteiger partial charge in [0.2, 0.25) is 5.91 Å². The fourth-order valence-electron chi connectivity index (χ4n) is 2.56. The lowest BCUT2D eigenvalue weighted by molar-refractivity contribution is -0.127. The molecule has 1 amide bonds. The first-order valence-corrected chi connectivity index (χ1v) is 9.39. The van der Waals surface area contributed by atoms with Gasteiger partial charge in [0.25, 0.3) is 0 Å². The Morgan fingerprint density at radius 2 is 2.00 bits per heavy atom. The van der Waals surface area contributed by atoms with Gasteiger partial charge < -0.3 is 9.64 Å². The van der Waals surface area contributed by atoms with Gasteiger partial charge in [-0.15, -0.1) is 10.2 Å². The first-order valence-electron chi connectivity index (χ1n) is 8.40. The Labute approximate surface area is 162 Å². The number of carbonyl (C=O) groups is 1. The van der Waals surface area contributed by atoms with Crippen LogP contribution >= 0.6 is 11.8 Å². The molecule has 0 atom stereocenters. The van der Waals surface area contributed by atoms with E-state index in [0.29, 0.717) is 11.7 Å². The lowest BCUT2D eigenvalue weighted by Gasteiger charge is -2.17. The molecule has 140 valence electrons.